The van der Waals surface area contributed by atoms with Crippen LogP contribution in [0.3, 0.4) is 0 Å². The lowest BCUT2D eigenvalue weighted by Gasteiger charge is -2.29. The molecule has 0 unspecified atom stereocenters. The van der Waals surface area contributed by atoms with Crippen molar-refractivity contribution >= 4 is 27.4 Å². The summed E-state index contributed by atoms with van der Waals surface area (Å²) >= 11 is 1.62. The summed E-state index contributed by atoms with van der Waals surface area (Å²) in [5.41, 5.74) is -0.540. The Morgan fingerprint density at radius 1 is 1.39 bits per heavy atom. The van der Waals surface area contributed by atoms with Gasteiger partial charge in [0.25, 0.3) is 0 Å². The fraction of sp³-hybridized carbons (Fsp3) is 0.538. The van der Waals surface area contributed by atoms with Crippen molar-refractivity contribution in [1.82, 2.24) is 9.97 Å². The van der Waals surface area contributed by atoms with Crippen LogP contribution in [0, 0.1) is 0 Å². The third-order valence-corrected chi connectivity index (χ3v) is 4.49. The standard InChI is InChI=1S/C13H17N3OS/c1-16(8-13(17)5-2-3-6-13)11-10-4-7-18-12(10)15-9-14-11/h4,7,9,17H,2-3,5-6,8H2,1H3. The van der Waals surface area contributed by atoms with Crippen LogP contribution in [0.15, 0.2) is 17.8 Å². The number of hydrogen-bond donors (Lipinski definition) is 1. The summed E-state index contributed by atoms with van der Waals surface area (Å²) in [5, 5.41) is 13.6. The molecule has 0 atom stereocenters. The van der Waals surface area contributed by atoms with Gasteiger partial charge in [0.2, 0.25) is 0 Å². The van der Waals surface area contributed by atoms with Crippen LogP contribution in [0.25, 0.3) is 10.2 Å². The van der Waals surface area contributed by atoms with Crippen LogP contribution in [-0.4, -0.2) is 34.3 Å². The maximum Gasteiger partial charge on any atom is 0.140 e. The highest BCUT2D eigenvalue weighted by molar-refractivity contribution is 7.16. The molecule has 96 valence electrons. The summed E-state index contributed by atoms with van der Waals surface area (Å²) in [4.78, 5) is 11.7. The van der Waals surface area contributed by atoms with Gasteiger partial charge < -0.3 is 10.0 Å². The quantitative estimate of drug-likeness (QED) is 0.924. The third-order valence-electron chi connectivity index (χ3n) is 3.67. The highest BCUT2D eigenvalue weighted by Crippen LogP contribution is 2.32. The third kappa shape index (κ3) is 2.08. The smallest absolute Gasteiger partial charge is 0.140 e. The Bertz CT molecular complexity index is 548. The van der Waals surface area contributed by atoms with E-state index in [2.05, 4.69) is 14.9 Å². The average Bonchev–Trinajstić information content (AvgIpc) is 2.96. The van der Waals surface area contributed by atoms with Gasteiger partial charge in [-0.05, 0) is 24.3 Å². The summed E-state index contributed by atoms with van der Waals surface area (Å²) < 4.78 is 0. The van der Waals surface area contributed by atoms with E-state index in [1.165, 1.54) is 0 Å². The van der Waals surface area contributed by atoms with E-state index in [1.54, 1.807) is 17.7 Å². The molecule has 5 heteroatoms. The predicted octanol–water partition coefficient (Wildman–Crippen LogP) is 2.43. The second-order valence-electron chi connectivity index (χ2n) is 5.12. The molecular weight excluding hydrogens is 246 g/mol. The maximum absolute atomic E-state index is 10.5. The van der Waals surface area contributed by atoms with Gasteiger partial charge in [0, 0.05) is 13.6 Å². The number of likely N-dealkylation sites (N-methyl/N-ethyl adjacent to an activating group) is 1. The van der Waals surface area contributed by atoms with E-state index in [0.717, 1.165) is 41.7 Å². The van der Waals surface area contributed by atoms with Crippen molar-refractivity contribution in [2.75, 3.05) is 18.5 Å². The molecule has 1 N–H and O–H groups in total. The normalized spacial score (nSPS) is 18.3. The summed E-state index contributed by atoms with van der Waals surface area (Å²) in [6.45, 7) is 0.648. The van der Waals surface area contributed by atoms with Crippen molar-refractivity contribution in [3.63, 3.8) is 0 Å². The molecule has 1 fully saturated rings. The van der Waals surface area contributed by atoms with Crippen molar-refractivity contribution < 1.29 is 5.11 Å². The summed E-state index contributed by atoms with van der Waals surface area (Å²) in [7, 11) is 2.00. The molecule has 18 heavy (non-hydrogen) atoms. The van der Waals surface area contributed by atoms with Gasteiger partial charge in [-0.3, -0.25) is 0 Å². The highest BCUT2D eigenvalue weighted by atomic mass is 32.1. The first-order chi connectivity index (χ1) is 8.68. The zero-order valence-electron chi connectivity index (χ0n) is 10.5. The monoisotopic (exact) mass is 263 g/mol. The van der Waals surface area contributed by atoms with Crippen molar-refractivity contribution in [2.24, 2.45) is 0 Å². The highest BCUT2D eigenvalue weighted by Gasteiger charge is 2.32. The lowest BCUT2D eigenvalue weighted by atomic mass is 10.0. The first-order valence-corrected chi connectivity index (χ1v) is 7.18. The predicted molar refractivity (Wildman–Crippen MR) is 74.1 cm³/mol. The molecule has 0 radical (unpaired) electrons. The minimum atomic E-state index is -0.540. The fourth-order valence-electron chi connectivity index (χ4n) is 2.79. The lowest BCUT2D eigenvalue weighted by molar-refractivity contribution is 0.0558. The van der Waals surface area contributed by atoms with Gasteiger partial charge in [-0.15, -0.1) is 11.3 Å². The van der Waals surface area contributed by atoms with Crippen molar-refractivity contribution in [2.45, 2.75) is 31.3 Å². The number of aliphatic hydroxyl groups is 1. The number of thiophene rings is 1. The van der Waals surface area contributed by atoms with E-state index in [-0.39, 0.29) is 0 Å². The molecule has 2 aromatic heterocycles. The molecule has 1 saturated carbocycles. The molecule has 0 amide bonds. The minimum absolute atomic E-state index is 0.540. The van der Waals surface area contributed by atoms with Crippen LogP contribution in [0.1, 0.15) is 25.7 Å². The van der Waals surface area contributed by atoms with Gasteiger partial charge in [0.15, 0.2) is 0 Å². The van der Waals surface area contributed by atoms with E-state index in [0.29, 0.717) is 6.54 Å². The van der Waals surface area contributed by atoms with Crippen molar-refractivity contribution in [3.8, 4) is 0 Å². The largest absolute Gasteiger partial charge is 0.388 e. The van der Waals surface area contributed by atoms with E-state index in [4.69, 9.17) is 0 Å². The van der Waals surface area contributed by atoms with Crippen LogP contribution >= 0.6 is 11.3 Å². The van der Waals surface area contributed by atoms with Crippen LogP contribution in [0.4, 0.5) is 5.82 Å². The second-order valence-corrected chi connectivity index (χ2v) is 6.02. The zero-order valence-corrected chi connectivity index (χ0v) is 11.3. The van der Waals surface area contributed by atoms with E-state index in [9.17, 15) is 5.11 Å². The molecule has 0 aliphatic heterocycles. The molecule has 0 spiro atoms. The summed E-state index contributed by atoms with van der Waals surface area (Å²) in [5.74, 6) is 0.918. The average molecular weight is 263 g/mol. The van der Waals surface area contributed by atoms with Gasteiger partial charge >= 0.3 is 0 Å². The first-order valence-electron chi connectivity index (χ1n) is 6.30. The lowest BCUT2D eigenvalue weighted by Crippen LogP contribution is -2.39. The molecule has 0 saturated heterocycles. The molecule has 2 heterocycles. The SMILES string of the molecule is CN(CC1(O)CCCC1)c1ncnc2sccc12. The Morgan fingerprint density at radius 2 is 2.17 bits per heavy atom. The maximum atomic E-state index is 10.5. The van der Waals surface area contributed by atoms with Crippen LogP contribution in [0.2, 0.25) is 0 Å². The van der Waals surface area contributed by atoms with Crippen molar-refractivity contribution in [3.05, 3.63) is 17.8 Å². The Kier molecular flexibility index (Phi) is 2.95. The van der Waals surface area contributed by atoms with Gasteiger partial charge in [-0.1, -0.05) is 12.8 Å². The van der Waals surface area contributed by atoms with E-state index >= 15 is 0 Å². The van der Waals surface area contributed by atoms with Gasteiger partial charge in [0.05, 0.1) is 11.0 Å². The van der Waals surface area contributed by atoms with Crippen LogP contribution < -0.4 is 4.90 Å². The zero-order chi connectivity index (χ0) is 12.6. The fourth-order valence-corrected chi connectivity index (χ4v) is 3.52. The van der Waals surface area contributed by atoms with Crippen LogP contribution in [-0.2, 0) is 0 Å². The molecule has 0 bridgehead atoms. The molecular formula is C13H17N3OS. The number of hydrogen-bond acceptors (Lipinski definition) is 5. The Hall–Kier alpha value is -1.20. The molecule has 1 aliphatic carbocycles. The van der Waals surface area contributed by atoms with Gasteiger partial charge in [-0.2, -0.15) is 0 Å². The number of anilines is 1. The topological polar surface area (TPSA) is 49.2 Å². The minimum Gasteiger partial charge on any atom is -0.388 e. The molecule has 1 aliphatic rings. The first kappa shape index (κ1) is 11.9. The van der Waals surface area contributed by atoms with E-state index in [1.807, 2.05) is 18.5 Å². The van der Waals surface area contributed by atoms with E-state index < -0.39 is 5.60 Å². The number of nitrogens with zero attached hydrogens (tertiary/aromatic N) is 3. The Labute approximate surface area is 110 Å². The van der Waals surface area contributed by atoms with Gasteiger partial charge in [0.1, 0.15) is 17.0 Å². The second kappa shape index (κ2) is 4.48. The molecule has 3 rings (SSSR count). The number of fused-ring (bicyclic) bond motifs is 1. The summed E-state index contributed by atoms with van der Waals surface area (Å²) in [6.07, 6.45) is 5.65. The van der Waals surface area contributed by atoms with Crippen molar-refractivity contribution in [1.29, 1.82) is 0 Å². The van der Waals surface area contributed by atoms with Crippen LogP contribution in [0.5, 0.6) is 0 Å². The molecule has 4 nitrogen and oxygen atoms in total. The summed E-state index contributed by atoms with van der Waals surface area (Å²) in [6, 6.07) is 2.05. The Morgan fingerprint density at radius 3 is 2.94 bits per heavy atom. The Balaban J connectivity index is 1.87. The molecule has 2 aromatic rings. The van der Waals surface area contributed by atoms with Gasteiger partial charge in [-0.25, -0.2) is 9.97 Å². The number of aromatic nitrogens is 2. The number of rotatable bonds is 3. The molecule has 0 aromatic carbocycles.